The normalized spacial score (nSPS) is 10.2. The van der Waals surface area contributed by atoms with Crippen LogP contribution < -0.4 is 5.32 Å². The van der Waals surface area contributed by atoms with Gasteiger partial charge in [0.05, 0.1) is 6.20 Å². The third-order valence-electron chi connectivity index (χ3n) is 2.60. The molecule has 1 aromatic heterocycles. The maximum absolute atomic E-state index is 12.6. The molecule has 0 spiro atoms. The number of nitrogens with one attached hydrogen (secondary N) is 1. The van der Waals surface area contributed by atoms with Crippen LogP contribution in [0.4, 0.5) is 4.39 Å². The summed E-state index contributed by atoms with van der Waals surface area (Å²) in [5.74, 6) is -0.595. The Morgan fingerprint density at radius 2 is 1.95 bits per heavy atom. The first-order valence-electron chi connectivity index (χ1n) is 5.83. The Morgan fingerprint density at radius 1 is 1.21 bits per heavy atom. The van der Waals surface area contributed by atoms with E-state index in [0.717, 1.165) is 11.8 Å². The van der Waals surface area contributed by atoms with Crippen LogP contribution in [0.3, 0.4) is 0 Å². The van der Waals surface area contributed by atoms with Crippen molar-refractivity contribution in [1.29, 1.82) is 0 Å². The van der Waals surface area contributed by atoms with Crippen molar-refractivity contribution in [2.45, 2.75) is 6.42 Å². The zero-order chi connectivity index (χ0) is 13.7. The van der Waals surface area contributed by atoms with Gasteiger partial charge in [-0.15, -0.1) is 0 Å². The summed E-state index contributed by atoms with van der Waals surface area (Å²) in [7, 11) is 0. The molecule has 1 amide bonds. The molecule has 0 fully saturated rings. The Bertz CT molecular complexity index is 553. The van der Waals surface area contributed by atoms with Gasteiger partial charge in [0.15, 0.2) is 0 Å². The number of carbonyl (C=O) groups excluding carboxylic acids is 1. The number of aromatic nitrogens is 1. The quantitative estimate of drug-likeness (QED) is 0.882. The third-order valence-corrected chi connectivity index (χ3v) is 2.60. The standard InChI is InChI=1S/C14H13FN2O2/c15-11-3-6-13(17-9-11)14(19)16-8-7-10-1-4-12(18)5-2-10/h1-6,9,18H,7-8H2,(H,16,19). The van der Waals surface area contributed by atoms with Crippen LogP contribution in [0.2, 0.25) is 0 Å². The Labute approximate surface area is 109 Å². The second kappa shape index (κ2) is 5.95. The number of carbonyl (C=O) groups is 1. The van der Waals surface area contributed by atoms with E-state index in [2.05, 4.69) is 10.3 Å². The Hall–Kier alpha value is -2.43. The van der Waals surface area contributed by atoms with Crippen molar-refractivity contribution in [3.63, 3.8) is 0 Å². The van der Waals surface area contributed by atoms with Gasteiger partial charge >= 0.3 is 0 Å². The van der Waals surface area contributed by atoms with E-state index < -0.39 is 5.82 Å². The number of amides is 1. The highest BCUT2D eigenvalue weighted by Crippen LogP contribution is 2.09. The van der Waals surface area contributed by atoms with Gasteiger partial charge in [0.25, 0.3) is 5.91 Å². The average Bonchev–Trinajstić information content (AvgIpc) is 2.41. The molecule has 2 aromatic rings. The number of nitrogens with zero attached hydrogens (tertiary/aromatic N) is 1. The van der Waals surface area contributed by atoms with Gasteiger partial charge in [-0.25, -0.2) is 9.37 Å². The lowest BCUT2D eigenvalue weighted by molar-refractivity contribution is 0.0949. The molecule has 0 atom stereocenters. The summed E-state index contributed by atoms with van der Waals surface area (Å²) in [5, 5.41) is 11.8. The van der Waals surface area contributed by atoms with E-state index in [9.17, 15) is 9.18 Å². The van der Waals surface area contributed by atoms with Crippen LogP contribution in [-0.4, -0.2) is 22.5 Å². The summed E-state index contributed by atoms with van der Waals surface area (Å²) in [6.07, 6.45) is 1.65. The maximum Gasteiger partial charge on any atom is 0.269 e. The lowest BCUT2D eigenvalue weighted by Crippen LogP contribution is -2.26. The number of hydrogen-bond acceptors (Lipinski definition) is 3. The molecule has 0 radical (unpaired) electrons. The van der Waals surface area contributed by atoms with E-state index in [1.54, 1.807) is 24.3 Å². The van der Waals surface area contributed by atoms with Gasteiger partial charge in [0, 0.05) is 6.54 Å². The van der Waals surface area contributed by atoms with Crippen LogP contribution in [-0.2, 0) is 6.42 Å². The average molecular weight is 260 g/mol. The van der Waals surface area contributed by atoms with Gasteiger partial charge in [-0.3, -0.25) is 4.79 Å². The van der Waals surface area contributed by atoms with E-state index in [1.165, 1.54) is 12.1 Å². The molecule has 0 saturated carbocycles. The summed E-state index contributed by atoms with van der Waals surface area (Å²) in [6.45, 7) is 0.447. The predicted molar refractivity (Wildman–Crippen MR) is 68.3 cm³/mol. The Morgan fingerprint density at radius 3 is 2.58 bits per heavy atom. The van der Waals surface area contributed by atoms with Gasteiger partial charge in [-0.1, -0.05) is 12.1 Å². The molecule has 0 aliphatic rings. The first-order chi connectivity index (χ1) is 9.15. The monoisotopic (exact) mass is 260 g/mol. The fourth-order valence-electron chi connectivity index (χ4n) is 1.58. The number of phenols is 1. The number of benzene rings is 1. The summed E-state index contributed by atoms with van der Waals surface area (Å²) >= 11 is 0. The van der Waals surface area contributed by atoms with Crippen LogP contribution in [0, 0.1) is 5.82 Å². The number of rotatable bonds is 4. The molecule has 0 unspecified atom stereocenters. The van der Waals surface area contributed by atoms with E-state index in [4.69, 9.17) is 5.11 Å². The zero-order valence-electron chi connectivity index (χ0n) is 10.1. The van der Waals surface area contributed by atoms with Crippen molar-refractivity contribution in [2.24, 2.45) is 0 Å². The first kappa shape index (κ1) is 13.0. The number of pyridine rings is 1. The predicted octanol–water partition coefficient (Wildman–Crippen LogP) is 1.90. The van der Waals surface area contributed by atoms with E-state index in [-0.39, 0.29) is 17.4 Å². The Balaban J connectivity index is 1.84. The third kappa shape index (κ3) is 3.77. The van der Waals surface area contributed by atoms with Crippen molar-refractivity contribution >= 4 is 5.91 Å². The molecule has 19 heavy (non-hydrogen) atoms. The molecule has 5 heteroatoms. The van der Waals surface area contributed by atoms with Gasteiger partial charge < -0.3 is 10.4 Å². The molecule has 0 aliphatic heterocycles. The van der Waals surface area contributed by atoms with E-state index in [0.29, 0.717) is 13.0 Å². The lowest BCUT2D eigenvalue weighted by atomic mass is 10.1. The molecule has 1 heterocycles. The van der Waals surface area contributed by atoms with Gasteiger partial charge in [0.1, 0.15) is 17.3 Å². The van der Waals surface area contributed by atoms with Crippen LogP contribution in [0.15, 0.2) is 42.6 Å². The number of phenolic OH excluding ortho intramolecular Hbond substituents is 1. The molecular formula is C14H13FN2O2. The fraction of sp³-hybridized carbons (Fsp3) is 0.143. The molecule has 1 aromatic carbocycles. The summed E-state index contributed by atoms with van der Waals surface area (Å²) in [5.41, 5.74) is 1.19. The second-order valence-corrected chi connectivity index (χ2v) is 4.03. The topological polar surface area (TPSA) is 62.2 Å². The summed E-state index contributed by atoms with van der Waals surface area (Å²) in [6, 6.07) is 9.31. The number of aromatic hydroxyl groups is 1. The van der Waals surface area contributed by atoms with Crippen molar-refractivity contribution in [2.75, 3.05) is 6.54 Å². The minimum atomic E-state index is -0.472. The molecule has 4 nitrogen and oxygen atoms in total. The highest BCUT2D eigenvalue weighted by molar-refractivity contribution is 5.92. The lowest BCUT2D eigenvalue weighted by Gasteiger charge is -2.05. The first-order valence-corrected chi connectivity index (χ1v) is 5.83. The second-order valence-electron chi connectivity index (χ2n) is 4.03. The molecule has 2 N–H and O–H groups in total. The van der Waals surface area contributed by atoms with Gasteiger partial charge in [-0.2, -0.15) is 0 Å². The highest BCUT2D eigenvalue weighted by Gasteiger charge is 2.06. The zero-order valence-corrected chi connectivity index (χ0v) is 10.1. The molecular weight excluding hydrogens is 247 g/mol. The summed E-state index contributed by atoms with van der Waals surface area (Å²) < 4.78 is 12.6. The van der Waals surface area contributed by atoms with Crippen LogP contribution in [0.5, 0.6) is 5.75 Å². The largest absolute Gasteiger partial charge is 0.508 e. The molecule has 98 valence electrons. The van der Waals surface area contributed by atoms with Crippen LogP contribution >= 0.6 is 0 Å². The number of hydrogen-bond donors (Lipinski definition) is 2. The molecule has 0 saturated heterocycles. The van der Waals surface area contributed by atoms with Crippen molar-refractivity contribution in [3.8, 4) is 5.75 Å². The molecule has 0 aliphatic carbocycles. The number of halogens is 1. The van der Waals surface area contributed by atoms with E-state index >= 15 is 0 Å². The smallest absolute Gasteiger partial charge is 0.269 e. The van der Waals surface area contributed by atoms with Crippen LogP contribution in [0.25, 0.3) is 0 Å². The highest BCUT2D eigenvalue weighted by atomic mass is 19.1. The van der Waals surface area contributed by atoms with Gasteiger partial charge in [0.2, 0.25) is 0 Å². The van der Waals surface area contributed by atoms with Crippen molar-refractivity contribution in [1.82, 2.24) is 10.3 Å². The molecule has 0 bridgehead atoms. The van der Waals surface area contributed by atoms with Crippen LogP contribution in [0.1, 0.15) is 16.1 Å². The minimum absolute atomic E-state index is 0.187. The molecule has 2 rings (SSSR count). The SMILES string of the molecule is O=C(NCCc1ccc(O)cc1)c1ccc(F)cn1. The van der Waals surface area contributed by atoms with Gasteiger partial charge in [-0.05, 0) is 36.2 Å². The minimum Gasteiger partial charge on any atom is -0.508 e. The maximum atomic E-state index is 12.6. The fourth-order valence-corrected chi connectivity index (χ4v) is 1.58. The Kier molecular flexibility index (Phi) is 4.07. The van der Waals surface area contributed by atoms with Crippen molar-refractivity contribution < 1.29 is 14.3 Å². The summed E-state index contributed by atoms with van der Waals surface area (Å²) in [4.78, 5) is 15.4. The van der Waals surface area contributed by atoms with Crippen molar-refractivity contribution in [3.05, 3.63) is 59.7 Å². The van der Waals surface area contributed by atoms with E-state index in [1.807, 2.05) is 0 Å².